The third-order valence-corrected chi connectivity index (χ3v) is 5.72. The minimum Gasteiger partial charge on any atom is -0.351 e. The van der Waals surface area contributed by atoms with E-state index in [0.717, 1.165) is 17.7 Å². The van der Waals surface area contributed by atoms with E-state index in [2.05, 4.69) is 5.32 Å². The topological polar surface area (TPSA) is 52.7 Å². The maximum Gasteiger partial charge on any atom is 0.251 e. The normalized spacial score (nSPS) is 16.8. The van der Waals surface area contributed by atoms with Crippen molar-refractivity contribution in [2.24, 2.45) is 0 Å². The molecule has 2 amide bonds. The highest BCUT2D eigenvalue weighted by atomic mass is 32.2. The van der Waals surface area contributed by atoms with Gasteiger partial charge in [0.15, 0.2) is 0 Å². The molecule has 27 heavy (non-hydrogen) atoms. The predicted molar refractivity (Wildman–Crippen MR) is 110 cm³/mol. The smallest absolute Gasteiger partial charge is 0.251 e. The van der Waals surface area contributed by atoms with Crippen LogP contribution in [-0.4, -0.2) is 54.6 Å². The van der Waals surface area contributed by atoms with Crippen molar-refractivity contribution >= 4 is 23.6 Å². The number of carbonyl (C=O) groups is 2. The molecular weight excluding hydrogens is 358 g/mol. The molecule has 0 saturated carbocycles. The van der Waals surface area contributed by atoms with E-state index in [1.54, 1.807) is 11.8 Å². The van der Waals surface area contributed by atoms with Crippen LogP contribution in [0.5, 0.6) is 0 Å². The first-order chi connectivity index (χ1) is 13.0. The monoisotopic (exact) mass is 383 g/mol. The average molecular weight is 384 g/mol. The largest absolute Gasteiger partial charge is 0.351 e. The molecule has 1 aliphatic rings. The Labute approximate surface area is 164 Å². The Hall–Kier alpha value is -2.31. The molecule has 3 rings (SSSR count). The van der Waals surface area contributed by atoms with Gasteiger partial charge >= 0.3 is 0 Å². The molecule has 0 radical (unpaired) electrons. The average Bonchev–Trinajstić information content (AvgIpc) is 3.03. The first-order valence-electron chi connectivity index (χ1n) is 9.02. The maximum atomic E-state index is 12.3. The van der Waals surface area contributed by atoms with E-state index in [1.165, 1.54) is 0 Å². The second-order valence-corrected chi connectivity index (χ2v) is 7.92. The highest BCUT2D eigenvalue weighted by Crippen LogP contribution is 2.39. The van der Waals surface area contributed by atoms with E-state index >= 15 is 0 Å². The molecule has 0 unspecified atom stereocenters. The van der Waals surface area contributed by atoms with Crippen LogP contribution in [0.3, 0.4) is 0 Å². The van der Waals surface area contributed by atoms with E-state index in [-0.39, 0.29) is 17.2 Å². The number of carbonyl (C=O) groups excluding carboxylic acids is 2. The van der Waals surface area contributed by atoms with Gasteiger partial charge in [-0.1, -0.05) is 42.5 Å². The second-order valence-electron chi connectivity index (χ2n) is 6.85. The molecule has 1 atom stereocenters. The van der Waals surface area contributed by atoms with Gasteiger partial charge in [0.1, 0.15) is 5.37 Å². The van der Waals surface area contributed by atoms with Crippen LogP contribution in [-0.2, 0) is 11.3 Å². The Morgan fingerprint density at radius 1 is 1.15 bits per heavy atom. The van der Waals surface area contributed by atoms with Crippen LogP contribution in [0.15, 0.2) is 54.6 Å². The molecule has 2 aromatic carbocycles. The number of rotatable bonds is 7. The number of benzene rings is 2. The van der Waals surface area contributed by atoms with E-state index in [9.17, 15) is 9.59 Å². The summed E-state index contributed by atoms with van der Waals surface area (Å²) < 4.78 is 0. The first-order valence-corrected chi connectivity index (χ1v) is 10.1. The van der Waals surface area contributed by atoms with Gasteiger partial charge < -0.3 is 15.1 Å². The molecule has 1 N–H and O–H groups in total. The van der Waals surface area contributed by atoms with E-state index < -0.39 is 0 Å². The summed E-state index contributed by atoms with van der Waals surface area (Å²) in [6.45, 7) is 2.02. The van der Waals surface area contributed by atoms with Gasteiger partial charge in [0, 0.05) is 25.2 Å². The van der Waals surface area contributed by atoms with Crippen LogP contribution in [0.4, 0.5) is 0 Å². The summed E-state index contributed by atoms with van der Waals surface area (Å²) in [6, 6.07) is 17.6. The van der Waals surface area contributed by atoms with Crippen LogP contribution in [0.2, 0.25) is 0 Å². The van der Waals surface area contributed by atoms with E-state index in [1.807, 2.05) is 78.5 Å². The fraction of sp³-hybridized carbons (Fsp3) is 0.333. The molecule has 142 valence electrons. The molecule has 0 bridgehead atoms. The zero-order valence-corrected chi connectivity index (χ0v) is 16.5. The van der Waals surface area contributed by atoms with Gasteiger partial charge in [-0.2, -0.15) is 0 Å². The lowest BCUT2D eigenvalue weighted by atomic mass is 10.1. The van der Waals surface area contributed by atoms with Gasteiger partial charge in [-0.15, -0.1) is 11.8 Å². The second kappa shape index (κ2) is 9.06. The SMILES string of the molecule is CN(C)CCNC(=O)c1ccc([C@@H]2SCC(=O)N2Cc2ccccc2)cc1. The highest BCUT2D eigenvalue weighted by Gasteiger charge is 2.32. The minimum absolute atomic E-state index is 0.0106. The molecule has 1 aliphatic heterocycles. The molecule has 2 aromatic rings. The van der Waals surface area contributed by atoms with Crippen LogP contribution in [0, 0.1) is 0 Å². The summed E-state index contributed by atoms with van der Waals surface area (Å²) >= 11 is 1.63. The lowest BCUT2D eigenvalue weighted by Gasteiger charge is -2.24. The number of thioether (sulfide) groups is 1. The number of hydrogen-bond acceptors (Lipinski definition) is 4. The first kappa shape index (κ1) is 19.5. The fourth-order valence-electron chi connectivity index (χ4n) is 2.98. The van der Waals surface area contributed by atoms with Crippen molar-refractivity contribution in [1.82, 2.24) is 15.1 Å². The van der Waals surface area contributed by atoms with Crippen molar-refractivity contribution in [3.05, 3.63) is 71.3 Å². The Morgan fingerprint density at radius 2 is 1.85 bits per heavy atom. The zero-order valence-electron chi connectivity index (χ0n) is 15.7. The van der Waals surface area contributed by atoms with E-state index in [0.29, 0.717) is 24.4 Å². The fourth-order valence-corrected chi connectivity index (χ4v) is 4.16. The molecule has 1 saturated heterocycles. The van der Waals surface area contributed by atoms with Gasteiger partial charge in [-0.25, -0.2) is 0 Å². The van der Waals surface area contributed by atoms with Crippen molar-refractivity contribution < 1.29 is 9.59 Å². The number of hydrogen-bond donors (Lipinski definition) is 1. The summed E-state index contributed by atoms with van der Waals surface area (Å²) in [5.74, 6) is 0.573. The third-order valence-electron chi connectivity index (χ3n) is 4.47. The van der Waals surface area contributed by atoms with Crippen LogP contribution < -0.4 is 5.32 Å². The standard InChI is InChI=1S/C21H25N3O2S/c1-23(2)13-12-22-20(26)17-8-10-18(11-9-17)21-24(19(25)15-27-21)14-16-6-4-3-5-7-16/h3-11,21H,12-15H2,1-2H3,(H,22,26)/t21-/m0/s1. The quantitative estimate of drug-likeness (QED) is 0.799. The summed E-state index contributed by atoms with van der Waals surface area (Å²) in [5, 5.41) is 2.91. The Morgan fingerprint density at radius 3 is 2.52 bits per heavy atom. The van der Waals surface area contributed by atoms with Gasteiger partial charge in [-0.05, 0) is 37.4 Å². The van der Waals surface area contributed by atoms with Crippen LogP contribution in [0.25, 0.3) is 0 Å². The van der Waals surface area contributed by atoms with Crippen molar-refractivity contribution in [2.45, 2.75) is 11.9 Å². The Kier molecular flexibility index (Phi) is 6.53. The Bertz CT molecular complexity index is 778. The van der Waals surface area contributed by atoms with Crippen molar-refractivity contribution in [2.75, 3.05) is 32.9 Å². The molecular formula is C21H25N3O2S. The zero-order chi connectivity index (χ0) is 19.2. The molecule has 6 heteroatoms. The van der Waals surface area contributed by atoms with Crippen LogP contribution in [0.1, 0.15) is 26.9 Å². The van der Waals surface area contributed by atoms with Crippen molar-refractivity contribution in [1.29, 1.82) is 0 Å². The molecule has 1 fully saturated rings. The van der Waals surface area contributed by atoms with E-state index in [4.69, 9.17) is 0 Å². The van der Waals surface area contributed by atoms with Gasteiger partial charge in [-0.3, -0.25) is 9.59 Å². The molecule has 0 aliphatic carbocycles. The molecule has 1 heterocycles. The van der Waals surface area contributed by atoms with Crippen molar-refractivity contribution in [3.8, 4) is 0 Å². The van der Waals surface area contributed by atoms with Crippen molar-refractivity contribution in [3.63, 3.8) is 0 Å². The highest BCUT2D eigenvalue weighted by molar-refractivity contribution is 8.00. The minimum atomic E-state index is -0.0697. The lowest BCUT2D eigenvalue weighted by Crippen LogP contribution is -2.31. The van der Waals surface area contributed by atoms with Gasteiger partial charge in [0.2, 0.25) is 5.91 Å². The lowest BCUT2D eigenvalue weighted by molar-refractivity contribution is -0.128. The number of likely N-dealkylation sites (N-methyl/N-ethyl adjacent to an activating group) is 1. The summed E-state index contributed by atoms with van der Waals surface area (Å²) in [4.78, 5) is 28.5. The van der Waals surface area contributed by atoms with Gasteiger partial charge in [0.05, 0.1) is 5.75 Å². The summed E-state index contributed by atoms with van der Waals surface area (Å²) in [7, 11) is 3.95. The molecule has 5 nitrogen and oxygen atoms in total. The number of nitrogens with one attached hydrogen (secondary N) is 1. The van der Waals surface area contributed by atoms with Gasteiger partial charge in [0.25, 0.3) is 5.91 Å². The third kappa shape index (κ3) is 5.11. The Balaban J connectivity index is 1.66. The predicted octanol–water partition coefficient (Wildman–Crippen LogP) is 2.75. The number of nitrogens with zero attached hydrogens (tertiary/aromatic N) is 2. The number of amides is 2. The summed E-state index contributed by atoms with van der Waals surface area (Å²) in [6.07, 6.45) is 0. The molecule has 0 spiro atoms. The summed E-state index contributed by atoms with van der Waals surface area (Å²) in [5.41, 5.74) is 2.81. The van der Waals surface area contributed by atoms with Crippen LogP contribution >= 0.6 is 11.8 Å². The maximum absolute atomic E-state index is 12.3. The molecule has 0 aromatic heterocycles.